The van der Waals surface area contributed by atoms with Crippen molar-refractivity contribution in [2.24, 2.45) is 5.92 Å². The fourth-order valence-electron chi connectivity index (χ4n) is 1.80. The number of carbonyl (C=O) groups is 1. The highest BCUT2D eigenvalue weighted by Gasteiger charge is 2.68. The Hall–Kier alpha value is -0.320. The molecule has 0 bridgehead atoms. The van der Waals surface area contributed by atoms with Crippen LogP contribution < -0.4 is 0 Å². The number of halogens is 4. The minimum atomic E-state index is -1.35. The van der Waals surface area contributed by atoms with Gasteiger partial charge in [0, 0.05) is 10.4 Å². The van der Waals surface area contributed by atoms with Crippen LogP contribution in [0, 0.1) is 11.7 Å². The molecular formula is C10H6BrCl2FO2. The first-order valence-corrected chi connectivity index (χ1v) is 5.95. The molecule has 2 rings (SSSR count). The Morgan fingerprint density at radius 3 is 2.50 bits per heavy atom. The third kappa shape index (κ3) is 1.94. The van der Waals surface area contributed by atoms with E-state index in [2.05, 4.69) is 15.9 Å². The number of aliphatic carboxylic acids is 1. The number of hydrogen-bond donors (Lipinski definition) is 1. The van der Waals surface area contributed by atoms with Crippen LogP contribution in [0.15, 0.2) is 22.7 Å². The van der Waals surface area contributed by atoms with Crippen LogP contribution in [0.3, 0.4) is 0 Å². The molecule has 0 heterocycles. The molecule has 1 aromatic rings. The molecule has 0 aliphatic heterocycles. The zero-order chi connectivity index (χ0) is 12.1. The van der Waals surface area contributed by atoms with Crippen molar-refractivity contribution in [1.29, 1.82) is 0 Å². The molecule has 1 aliphatic carbocycles. The summed E-state index contributed by atoms with van der Waals surface area (Å²) in [5.74, 6) is -2.98. The predicted molar refractivity (Wildman–Crippen MR) is 62.4 cm³/mol. The van der Waals surface area contributed by atoms with Gasteiger partial charge in [0.15, 0.2) is 0 Å². The second kappa shape index (κ2) is 3.86. The Morgan fingerprint density at radius 2 is 2.06 bits per heavy atom. The third-order valence-corrected chi connectivity index (χ3v) is 3.96. The van der Waals surface area contributed by atoms with Crippen LogP contribution in [0.5, 0.6) is 0 Å². The molecule has 1 fully saturated rings. The predicted octanol–water partition coefficient (Wildman–Crippen LogP) is 3.56. The molecule has 6 heteroatoms. The van der Waals surface area contributed by atoms with E-state index in [0.717, 1.165) is 0 Å². The van der Waals surface area contributed by atoms with Gasteiger partial charge in [-0.05, 0) is 23.8 Å². The van der Waals surface area contributed by atoms with Crippen molar-refractivity contribution >= 4 is 45.1 Å². The molecular weight excluding hydrogens is 322 g/mol. The highest BCUT2D eigenvalue weighted by molar-refractivity contribution is 9.10. The molecule has 0 aromatic heterocycles. The Morgan fingerprint density at radius 1 is 1.44 bits per heavy atom. The van der Waals surface area contributed by atoms with Gasteiger partial charge in [-0.2, -0.15) is 0 Å². The minimum absolute atomic E-state index is 0.454. The number of carboxylic acid groups (broad SMARTS) is 1. The van der Waals surface area contributed by atoms with E-state index in [9.17, 15) is 9.18 Å². The van der Waals surface area contributed by atoms with Gasteiger partial charge in [-0.3, -0.25) is 4.79 Å². The summed E-state index contributed by atoms with van der Waals surface area (Å²) in [5.41, 5.74) is 0.490. The van der Waals surface area contributed by atoms with Crippen molar-refractivity contribution in [3.63, 3.8) is 0 Å². The topological polar surface area (TPSA) is 37.3 Å². The average molecular weight is 328 g/mol. The highest BCUT2D eigenvalue weighted by atomic mass is 79.9. The van der Waals surface area contributed by atoms with E-state index in [-0.39, 0.29) is 0 Å². The lowest BCUT2D eigenvalue weighted by atomic mass is 10.1. The van der Waals surface area contributed by atoms with Gasteiger partial charge in [0.05, 0.1) is 5.92 Å². The second-order valence-corrected chi connectivity index (χ2v) is 6.03. The van der Waals surface area contributed by atoms with E-state index in [4.69, 9.17) is 28.3 Å². The zero-order valence-electron chi connectivity index (χ0n) is 7.75. The number of rotatable bonds is 2. The van der Waals surface area contributed by atoms with Gasteiger partial charge in [0.2, 0.25) is 0 Å². The van der Waals surface area contributed by atoms with Crippen LogP contribution >= 0.6 is 39.1 Å². The Bertz CT molecular complexity index is 444. The van der Waals surface area contributed by atoms with Crippen molar-refractivity contribution in [3.05, 3.63) is 34.1 Å². The summed E-state index contributed by atoms with van der Waals surface area (Å²) >= 11 is 14.8. The van der Waals surface area contributed by atoms with Crippen LogP contribution in [0.4, 0.5) is 4.39 Å². The number of hydrogen-bond acceptors (Lipinski definition) is 1. The quantitative estimate of drug-likeness (QED) is 0.843. The Labute approximate surface area is 109 Å². The molecule has 1 aromatic carbocycles. The van der Waals surface area contributed by atoms with E-state index in [1.54, 1.807) is 6.07 Å². The monoisotopic (exact) mass is 326 g/mol. The fraction of sp³-hybridized carbons (Fsp3) is 0.300. The largest absolute Gasteiger partial charge is 0.481 e. The van der Waals surface area contributed by atoms with Gasteiger partial charge in [0.25, 0.3) is 0 Å². The van der Waals surface area contributed by atoms with Crippen LogP contribution in [-0.2, 0) is 4.79 Å². The van der Waals surface area contributed by atoms with Crippen molar-refractivity contribution in [1.82, 2.24) is 0 Å². The summed E-state index contributed by atoms with van der Waals surface area (Å²) in [6.07, 6.45) is 0. The second-order valence-electron chi connectivity index (χ2n) is 3.67. The molecule has 0 amide bonds. The Kier molecular flexibility index (Phi) is 2.93. The van der Waals surface area contributed by atoms with Crippen molar-refractivity contribution < 1.29 is 14.3 Å². The van der Waals surface area contributed by atoms with Crippen LogP contribution in [0.2, 0.25) is 0 Å². The molecule has 2 atom stereocenters. The zero-order valence-corrected chi connectivity index (χ0v) is 10.9. The Balaban J connectivity index is 2.37. The van der Waals surface area contributed by atoms with Gasteiger partial charge in [-0.1, -0.05) is 39.1 Å². The molecule has 1 aliphatic rings. The van der Waals surface area contributed by atoms with E-state index < -0.39 is 28.0 Å². The maximum Gasteiger partial charge on any atom is 0.310 e. The molecule has 16 heavy (non-hydrogen) atoms. The molecule has 0 unspecified atom stereocenters. The lowest BCUT2D eigenvalue weighted by molar-refractivity contribution is -0.138. The number of benzene rings is 1. The van der Waals surface area contributed by atoms with Gasteiger partial charge in [-0.15, -0.1) is 0 Å². The van der Waals surface area contributed by atoms with Gasteiger partial charge < -0.3 is 5.11 Å². The van der Waals surface area contributed by atoms with E-state index in [1.807, 2.05) is 0 Å². The lowest BCUT2D eigenvalue weighted by Crippen LogP contribution is -2.03. The summed E-state index contributed by atoms with van der Waals surface area (Å²) in [4.78, 5) is 10.9. The molecule has 1 N–H and O–H groups in total. The van der Waals surface area contributed by atoms with Gasteiger partial charge in [-0.25, -0.2) is 4.39 Å². The normalized spacial score (nSPS) is 26.5. The van der Waals surface area contributed by atoms with Gasteiger partial charge in [0.1, 0.15) is 10.2 Å². The third-order valence-electron chi connectivity index (χ3n) is 2.56. The SMILES string of the molecule is O=C(O)[C@@H]1[C@@H](c2cc(F)cc(Br)c2)C1(Cl)Cl. The first-order chi connectivity index (χ1) is 7.34. The van der Waals surface area contributed by atoms with E-state index in [0.29, 0.717) is 10.0 Å². The first kappa shape index (κ1) is 12.1. The first-order valence-electron chi connectivity index (χ1n) is 4.40. The lowest BCUT2D eigenvalue weighted by Gasteiger charge is -2.01. The minimum Gasteiger partial charge on any atom is -0.481 e. The van der Waals surface area contributed by atoms with Crippen LogP contribution in [0.1, 0.15) is 11.5 Å². The average Bonchev–Trinajstić information content (AvgIpc) is 2.67. The van der Waals surface area contributed by atoms with E-state index in [1.165, 1.54) is 12.1 Å². The summed E-state index contributed by atoms with van der Waals surface area (Å²) < 4.78 is 12.3. The summed E-state index contributed by atoms with van der Waals surface area (Å²) in [5, 5.41) is 8.88. The van der Waals surface area contributed by atoms with Crippen molar-refractivity contribution in [2.45, 2.75) is 10.3 Å². The number of carboxylic acids is 1. The molecule has 1 saturated carbocycles. The van der Waals surface area contributed by atoms with E-state index >= 15 is 0 Å². The standard InChI is InChI=1S/C10H6BrCl2FO2/c11-5-1-4(2-6(14)3-5)7-8(9(15)16)10(7,12)13/h1-3,7-8H,(H,15,16)/t7-,8+/m1/s1. The summed E-state index contributed by atoms with van der Waals surface area (Å²) in [6, 6.07) is 4.15. The van der Waals surface area contributed by atoms with Crippen LogP contribution in [0.25, 0.3) is 0 Å². The fourth-order valence-corrected chi connectivity index (χ4v) is 3.10. The van der Waals surface area contributed by atoms with Crippen molar-refractivity contribution in [3.8, 4) is 0 Å². The molecule has 86 valence electrons. The summed E-state index contributed by atoms with van der Waals surface area (Å²) in [6.45, 7) is 0. The molecule has 0 saturated heterocycles. The smallest absolute Gasteiger partial charge is 0.310 e. The van der Waals surface area contributed by atoms with Crippen molar-refractivity contribution in [2.75, 3.05) is 0 Å². The summed E-state index contributed by atoms with van der Waals surface area (Å²) in [7, 11) is 0. The highest BCUT2D eigenvalue weighted by Crippen LogP contribution is 2.65. The maximum absolute atomic E-state index is 13.1. The number of alkyl halides is 2. The van der Waals surface area contributed by atoms with Gasteiger partial charge >= 0.3 is 5.97 Å². The molecule has 2 nitrogen and oxygen atoms in total. The molecule has 0 spiro atoms. The molecule has 0 radical (unpaired) electrons. The van der Waals surface area contributed by atoms with Crippen LogP contribution in [-0.4, -0.2) is 15.4 Å². The maximum atomic E-state index is 13.1.